The molecule has 1 saturated carbocycles. The maximum absolute atomic E-state index is 2.67. The first-order valence-electron chi connectivity index (χ1n) is 14.5. The molecule has 0 radical (unpaired) electrons. The SMILES string of the molecule is Cc1cc(C(C)(C)C)c2c(c1C)c1c3c(cc[n+]1C)cc(C1CCC(C)(C)CC1)c1c4ccccc4n2c13. The van der Waals surface area contributed by atoms with Crippen molar-refractivity contribution in [3.8, 4) is 0 Å². The molecule has 3 aromatic heterocycles. The van der Waals surface area contributed by atoms with Crippen LogP contribution in [-0.4, -0.2) is 4.40 Å². The minimum Gasteiger partial charge on any atom is -0.307 e. The second kappa shape index (κ2) is 7.72. The van der Waals surface area contributed by atoms with Crippen LogP contribution in [0, 0.1) is 19.3 Å². The summed E-state index contributed by atoms with van der Waals surface area (Å²) in [6.07, 6.45) is 7.46. The van der Waals surface area contributed by atoms with Crippen molar-refractivity contribution < 1.29 is 4.57 Å². The lowest BCUT2D eigenvalue weighted by Gasteiger charge is -2.35. The van der Waals surface area contributed by atoms with Gasteiger partial charge in [0.25, 0.3) is 0 Å². The minimum atomic E-state index is 0.0246. The molecule has 0 unspecified atom stereocenters. The van der Waals surface area contributed by atoms with Crippen LogP contribution in [0.5, 0.6) is 0 Å². The van der Waals surface area contributed by atoms with Gasteiger partial charge < -0.3 is 4.40 Å². The van der Waals surface area contributed by atoms with Crippen LogP contribution in [-0.2, 0) is 12.5 Å². The molecule has 0 amide bonds. The van der Waals surface area contributed by atoms with Gasteiger partial charge in [0.1, 0.15) is 7.05 Å². The van der Waals surface area contributed by atoms with Gasteiger partial charge in [0.2, 0.25) is 5.52 Å². The van der Waals surface area contributed by atoms with Crippen molar-refractivity contribution in [3.05, 3.63) is 70.9 Å². The molecule has 0 bridgehead atoms. The van der Waals surface area contributed by atoms with Crippen molar-refractivity contribution in [2.24, 2.45) is 12.5 Å². The number of nitrogens with zero attached hydrogens (tertiary/aromatic N) is 2. The summed E-state index contributed by atoms with van der Waals surface area (Å²) in [4.78, 5) is 0. The molecule has 2 heteroatoms. The summed E-state index contributed by atoms with van der Waals surface area (Å²) in [6, 6.07) is 16.6. The molecule has 38 heavy (non-hydrogen) atoms. The first-order chi connectivity index (χ1) is 18.0. The summed E-state index contributed by atoms with van der Waals surface area (Å²) in [5.74, 6) is 0.618. The predicted molar refractivity (Wildman–Crippen MR) is 163 cm³/mol. The fraction of sp³-hybridized carbons (Fsp3) is 0.417. The number of aryl methyl sites for hydroxylation is 3. The third-order valence-electron chi connectivity index (χ3n) is 9.93. The number of para-hydroxylation sites is 1. The monoisotopic (exact) mass is 501 g/mol. The van der Waals surface area contributed by atoms with E-state index in [2.05, 4.69) is 113 Å². The van der Waals surface area contributed by atoms with Crippen molar-refractivity contribution >= 4 is 49.0 Å². The van der Waals surface area contributed by atoms with Crippen molar-refractivity contribution in [3.63, 3.8) is 0 Å². The maximum Gasteiger partial charge on any atom is 0.224 e. The van der Waals surface area contributed by atoms with Crippen LogP contribution in [0.4, 0.5) is 0 Å². The van der Waals surface area contributed by atoms with Gasteiger partial charge in [-0.05, 0) is 96.1 Å². The van der Waals surface area contributed by atoms with Crippen molar-refractivity contribution in [2.75, 3.05) is 0 Å². The first-order valence-corrected chi connectivity index (χ1v) is 14.5. The van der Waals surface area contributed by atoms with Gasteiger partial charge in [-0.2, -0.15) is 0 Å². The highest BCUT2D eigenvalue weighted by molar-refractivity contribution is 6.28. The molecular formula is C36H41N2+. The van der Waals surface area contributed by atoms with Crippen molar-refractivity contribution in [1.82, 2.24) is 4.40 Å². The Hall–Kier alpha value is -3.13. The average Bonchev–Trinajstić information content (AvgIpc) is 3.21. The third-order valence-corrected chi connectivity index (χ3v) is 9.93. The van der Waals surface area contributed by atoms with Gasteiger partial charge in [-0.15, -0.1) is 0 Å². The maximum atomic E-state index is 2.67. The van der Waals surface area contributed by atoms with E-state index >= 15 is 0 Å². The van der Waals surface area contributed by atoms with Gasteiger partial charge in [-0.1, -0.05) is 58.9 Å². The van der Waals surface area contributed by atoms with Crippen LogP contribution in [0.3, 0.4) is 0 Å². The molecule has 0 atom stereocenters. The molecule has 0 aliphatic heterocycles. The second-order valence-electron chi connectivity index (χ2n) is 14.1. The summed E-state index contributed by atoms with van der Waals surface area (Å²) in [5.41, 5.74) is 11.8. The lowest BCUT2D eigenvalue weighted by Crippen LogP contribution is -2.29. The fourth-order valence-corrected chi connectivity index (χ4v) is 7.60. The van der Waals surface area contributed by atoms with Gasteiger partial charge in [-0.3, -0.25) is 0 Å². The fourth-order valence-electron chi connectivity index (χ4n) is 7.60. The van der Waals surface area contributed by atoms with E-state index < -0.39 is 0 Å². The molecule has 1 aliphatic carbocycles. The summed E-state index contributed by atoms with van der Waals surface area (Å²) < 4.78 is 5.04. The van der Waals surface area contributed by atoms with Crippen LogP contribution >= 0.6 is 0 Å². The van der Waals surface area contributed by atoms with E-state index in [4.69, 9.17) is 0 Å². The smallest absolute Gasteiger partial charge is 0.224 e. The molecule has 1 aliphatic rings. The summed E-state index contributed by atoms with van der Waals surface area (Å²) in [7, 11) is 2.23. The van der Waals surface area contributed by atoms with Gasteiger partial charge in [0, 0.05) is 16.8 Å². The lowest BCUT2D eigenvalue weighted by atomic mass is 9.70. The lowest BCUT2D eigenvalue weighted by molar-refractivity contribution is -0.643. The van der Waals surface area contributed by atoms with Crippen molar-refractivity contribution in [1.29, 1.82) is 0 Å². The van der Waals surface area contributed by atoms with E-state index in [9.17, 15) is 0 Å². The Kier molecular flexibility index (Phi) is 4.86. The second-order valence-corrected chi connectivity index (χ2v) is 14.1. The highest BCUT2D eigenvalue weighted by Gasteiger charge is 2.33. The number of benzene rings is 3. The zero-order valence-corrected chi connectivity index (χ0v) is 24.4. The largest absolute Gasteiger partial charge is 0.307 e. The standard InChI is InChI=1S/C36H41N2/c1-21-19-27(35(3,4)5)32-29(22(21)2)33-30-24(15-18-37(33)8)20-26(23-13-16-36(6,7)17-14-23)31-25-11-9-10-12-28(25)38(32)34(30)31/h9-12,15,18-20,23H,13-14,16-17H2,1-8H3/q+1. The summed E-state index contributed by atoms with van der Waals surface area (Å²) in [6.45, 7) is 16.6. The highest BCUT2D eigenvalue weighted by Crippen LogP contribution is 2.50. The normalized spacial score (nSPS) is 17.2. The van der Waals surface area contributed by atoms with Gasteiger partial charge in [0.15, 0.2) is 6.20 Å². The Balaban J connectivity index is 1.79. The van der Waals surface area contributed by atoms with Crippen LogP contribution < -0.4 is 4.57 Å². The molecule has 0 saturated heterocycles. The minimum absolute atomic E-state index is 0.0246. The van der Waals surface area contributed by atoms with Crippen molar-refractivity contribution in [2.45, 2.75) is 85.5 Å². The molecule has 2 nitrogen and oxygen atoms in total. The number of rotatable bonds is 1. The van der Waals surface area contributed by atoms with Gasteiger partial charge in [-0.25, -0.2) is 4.57 Å². The van der Waals surface area contributed by atoms with E-state index in [1.165, 1.54) is 91.4 Å². The molecular weight excluding hydrogens is 460 g/mol. The highest BCUT2D eigenvalue weighted by atomic mass is 15.0. The van der Waals surface area contributed by atoms with Gasteiger partial charge in [0.05, 0.1) is 27.3 Å². The molecule has 0 spiro atoms. The third kappa shape index (κ3) is 3.15. The number of fused-ring (bicyclic) bond motifs is 6. The Bertz CT molecular complexity index is 1900. The number of hydrogen-bond donors (Lipinski definition) is 0. The predicted octanol–water partition coefficient (Wildman–Crippen LogP) is 9.41. The number of aromatic nitrogens is 2. The molecule has 1 fully saturated rings. The Morgan fingerprint density at radius 2 is 1.61 bits per heavy atom. The van der Waals surface area contributed by atoms with E-state index in [0.29, 0.717) is 11.3 Å². The summed E-state index contributed by atoms with van der Waals surface area (Å²) in [5, 5.41) is 7.12. The van der Waals surface area contributed by atoms with Crippen LogP contribution in [0.1, 0.15) is 88.5 Å². The molecule has 3 aromatic carbocycles. The van der Waals surface area contributed by atoms with E-state index in [1.807, 2.05) is 0 Å². The van der Waals surface area contributed by atoms with E-state index in [1.54, 1.807) is 5.56 Å². The Morgan fingerprint density at radius 1 is 0.895 bits per heavy atom. The zero-order valence-electron chi connectivity index (χ0n) is 24.4. The van der Waals surface area contributed by atoms with Crippen LogP contribution in [0.2, 0.25) is 0 Å². The van der Waals surface area contributed by atoms with E-state index in [0.717, 1.165) is 0 Å². The molecule has 0 N–H and O–H groups in total. The molecule has 7 rings (SSSR count). The molecule has 3 heterocycles. The Labute approximate surface area is 226 Å². The van der Waals surface area contributed by atoms with Gasteiger partial charge >= 0.3 is 0 Å². The Morgan fingerprint density at radius 3 is 2.32 bits per heavy atom. The average molecular weight is 502 g/mol. The first kappa shape index (κ1) is 23.9. The topological polar surface area (TPSA) is 8.29 Å². The zero-order chi connectivity index (χ0) is 26.7. The summed E-state index contributed by atoms with van der Waals surface area (Å²) >= 11 is 0. The number of hydrogen-bond acceptors (Lipinski definition) is 0. The quantitative estimate of drug-likeness (QED) is 0.120. The molecule has 6 aromatic rings. The van der Waals surface area contributed by atoms with Crippen LogP contribution in [0.15, 0.2) is 48.7 Å². The number of pyridine rings is 2. The van der Waals surface area contributed by atoms with E-state index in [-0.39, 0.29) is 5.41 Å². The molecule has 194 valence electrons. The van der Waals surface area contributed by atoms with Crippen LogP contribution in [0.25, 0.3) is 49.0 Å².